The molecule has 1 aromatic carbocycles. The molecule has 1 unspecified atom stereocenters. The number of rotatable bonds is 5. The first-order valence-electron chi connectivity index (χ1n) is 6.91. The molecule has 0 aliphatic carbocycles. The first-order valence-corrected chi connectivity index (χ1v) is 7.70. The molecule has 1 fully saturated rings. The van der Waals surface area contributed by atoms with Crippen molar-refractivity contribution >= 4 is 15.9 Å². The van der Waals surface area contributed by atoms with Crippen LogP contribution in [0.15, 0.2) is 16.6 Å². The van der Waals surface area contributed by atoms with Crippen LogP contribution in [-0.4, -0.2) is 43.9 Å². The zero-order valence-corrected chi connectivity index (χ0v) is 13.6. The average Bonchev–Trinajstić information content (AvgIpc) is 2.49. The maximum absolute atomic E-state index is 9.31. The van der Waals surface area contributed by atoms with Gasteiger partial charge in [0.2, 0.25) is 0 Å². The molecule has 1 aromatic rings. The van der Waals surface area contributed by atoms with Crippen molar-refractivity contribution in [2.75, 3.05) is 33.9 Å². The number of benzene rings is 1. The second-order valence-electron chi connectivity index (χ2n) is 5.22. The molecular formula is C15H22BrNO3. The SMILES string of the molecule is COc1cc(Br)c(CN2CCCC(CO)C2)cc1OC. The zero-order valence-electron chi connectivity index (χ0n) is 12.1. The van der Waals surface area contributed by atoms with Crippen molar-refractivity contribution in [2.45, 2.75) is 19.4 Å². The van der Waals surface area contributed by atoms with Gasteiger partial charge in [0.05, 0.1) is 14.2 Å². The summed E-state index contributed by atoms with van der Waals surface area (Å²) in [4.78, 5) is 2.39. The Balaban J connectivity index is 2.12. The fourth-order valence-corrected chi connectivity index (χ4v) is 3.15. The first-order chi connectivity index (χ1) is 9.67. The number of methoxy groups -OCH3 is 2. The summed E-state index contributed by atoms with van der Waals surface area (Å²) in [5, 5.41) is 9.31. The Morgan fingerprint density at radius 1 is 1.30 bits per heavy atom. The van der Waals surface area contributed by atoms with Crippen molar-refractivity contribution in [3.8, 4) is 11.5 Å². The molecule has 1 atom stereocenters. The van der Waals surface area contributed by atoms with Crippen LogP contribution in [0.5, 0.6) is 11.5 Å². The molecule has 0 aromatic heterocycles. The number of piperidine rings is 1. The van der Waals surface area contributed by atoms with Crippen LogP contribution in [-0.2, 0) is 6.54 Å². The average molecular weight is 344 g/mol. The monoisotopic (exact) mass is 343 g/mol. The standard InChI is InChI=1S/C15H22BrNO3/c1-19-14-6-12(13(16)7-15(14)20-2)9-17-5-3-4-11(8-17)10-18/h6-7,11,18H,3-5,8-10H2,1-2H3. The molecule has 1 N–H and O–H groups in total. The fraction of sp³-hybridized carbons (Fsp3) is 0.600. The smallest absolute Gasteiger partial charge is 0.161 e. The van der Waals surface area contributed by atoms with Crippen molar-refractivity contribution in [1.82, 2.24) is 4.90 Å². The fourth-order valence-electron chi connectivity index (χ4n) is 2.70. The second-order valence-corrected chi connectivity index (χ2v) is 6.08. The molecule has 1 heterocycles. The van der Waals surface area contributed by atoms with Gasteiger partial charge < -0.3 is 14.6 Å². The van der Waals surface area contributed by atoms with Crippen molar-refractivity contribution < 1.29 is 14.6 Å². The third-order valence-electron chi connectivity index (χ3n) is 3.81. The third-order valence-corrected chi connectivity index (χ3v) is 4.55. The number of likely N-dealkylation sites (tertiary alicyclic amines) is 1. The zero-order chi connectivity index (χ0) is 14.5. The lowest BCUT2D eigenvalue weighted by Gasteiger charge is -2.32. The summed E-state index contributed by atoms with van der Waals surface area (Å²) in [6.07, 6.45) is 2.27. The minimum absolute atomic E-state index is 0.281. The van der Waals surface area contributed by atoms with Gasteiger partial charge in [0.15, 0.2) is 11.5 Å². The van der Waals surface area contributed by atoms with E-state index in [4.69, 9.17) is 9.47 Å². The van der Waals surface area contributed by atoms with E-state index in [2.05, 4.69) is 20.8 Å². The normalized spacial score (nSPS) is 19.9. The Labute approximate surface area is 128 Å². The van der Waals surface area contributed by atoms with Crippen molar-refractivity contribution in [1.29, 1.82) is 0 Å². The Morgan fingerprint density at radius 3 is 2.65 bits per heavy atom. The van der Waals surface area contributed by atoms with Gasteiger partial charge in [-0.2, -0.15) is 0 Å². The summed E-state index contributed by atoms with van der Waals surface area (Å²) in [7, 11) is 3.29. The van der Waals surface area contributed by atoms with Gasteiger partial charge in [0.25, 0.3) is 0 Å². The lowest BCUT2D eigenvalue weighted by atomic mass is 9.98. The predicted molar refractivity (Wildman–Crippen MR) is 82.3 cm³/mol. The second kappa shape index (κ2) is 7.29. The Morgan fingerprint density at radius 2 is 2.00 bits per heavy atom. The van der Waals surface area contributed by atoms with E-state index < -0.39 is 0 Å². The van der Waals surface area contributed by atoms with Crippen molar-refractivity contribution in [3.63, 3.8) is 0 Å². The van der Waals surface area contributed by atoms with E-state index in [9.17, 15) is 5.11 Å². The summed E-state index contributed by atoms with van der Waals surface area (Å²) < 4.78 is 11.7. The van der Waals surface area contributed by atoms with Gasteiger partial charge >= 0.3 is 0 Å². The highest BCUT2D eigenvalue weighted by atomic mass is 79.9. The minimum Gasteiger partial charge on any atom is -0.493 e. The molecule has 2 rings (SSSR count). The number of aliphatic hydroxyl groups excluding tert-OH is 1. The van der Waals surface area contributed by atoms with Crippen LogP contribution in [0.2, 0.25) is 0 Å². The van der Waals surface area contributed by atoms with Crippen LogP contribution in [0.3, 0.4) is 0 Å². The summed E-state index contributed by atoms with van der Waals surface area (Å²) in [5.74, 6) is 1.89. The predicted octanol–water partition coefficient (Wildman–Crippen LogP) is 2.67. The maximum Gasteiger partial charge on any atom is 0.161 e. The van der Waals surface area contributed by atoms with Gasteiger partial charge in [-0.15, -0.1) is 0 Å². The number of ether oxygens (including phenoxy) is 2. The molecule has 5 heteroatoms. The molecule has 0 radical (unpaired) electrons. The van der Waals surface area contributed by atoms with Gasteiger partial charge in [-0.1, -0.05) is 15.9 Å². The molecule has 0 bridgehead atoms. The van der Waals surface area contributed by atoms with Crippen LogP contribution < -0.4 is 9.47 Å². The van der Waals surface area contributed by atoms with E-state index in [1.54, 1.807) is 14.2 Å². The Hall–Kier alpha value is -0.780. The largest absolute Gasteiger partial charge is 0.493 e. The molecule has 0 saturated carbocycles. The van der Waals surface area contributed by atoms with E-state index >= 15 is 0 Å². The number of aliphatic hydroxyl groups is 1. The number of nitrogens with zero attached hydrogens (tertiary/aromatic N) is 1. The van der Waals surface area contributed by atoms with E-state index in [0.717, 1.165) is 48.4 Å². The topological polar surface area (TPSA) is 41.9 Å². The summed E-state index contributed by atoms with van der Waals surface area (Å²) in [6, 6.07) is 3.97. The molecule has 1 saturated heterocycles. The number of hydrogen-bond donors (Lipinski definition) is 1. The van der Waals surface area contributed by atoms with Crippen LogP contribution in [0.4, 0.5) is 0 Å². The van der Waals surface area contributed by atoms with Gasteiger partial charge in [0, 0.05) is 24.2 Å². The highest BCUT2D eigenvalue weighted by Crippen LogP contribution is 2.34. The van der Waals surface area contributed by atoms with Crippen LogP contribution >= 0.6 is 15.9 Å². The summed E-state index contributed by atoms with van der Waals surface area (Å²) >= 11 is 3.60. The molecule has 4 nitrogen and oxygen atoms in total. The van der Waals surface area contributed by atoms with Crippen LogP contribution in [0.1, 0.15) is 18.4 Å². The Kier molecular flexibility index (Phi) is 5.69. The van der Waals surface area contributed by atoms with Crippen molar-refractivity contribution in [2.24, 2.45) is 5.92 Å². The molecule has 20 heavy (non-hydrogen) atoms. The van der Waals surface area contributed by atoms with Gasteiger partial charge in [-0.25, -0.2) is 0 Å². The summed E-state index contributed by atoms with van der Waals surface area (Å²) in [6.45, 7) is 3.18. The van der Waals surface area contributed by atoms with E-state index in [1.165, 1.54) is 5.56 Å². The molecule has 1 aliphatic rings. The molecule has 1 aliphatic heterocycles. The number of halogens is 1. The van der Waals surface area contributed by atoms with Gasteiger partial charge in [-0.3, -0.25) is 4.90 Å². The van der Waals surface area contributed by atoms with Gasteiger partial charge in [-0.05, 0) is 43.0 Å². The van der Waals surface area contributed by atoms with Crippen LogP contribution in [0, 0.1) is 5.92 Å². The minimum atomic E-state index is 0.281. The summed E-state index contributed by atoms with van der Waals surface area (Å²) in [5.41, 5.74) is 1.18. The molecule has 0 spiro atoms. The molecule has 112 valence electrons. The highest BCUT2D eigenvalue weighted by molar-refractivity contribution is 9.10. The molecule has 0 amide bonds. The van der Waals surface area contributed by atoms with Crippen LogP contribution in [0.25, 0.3) is 0 Å². The Bertz CT molecular complexity index is 453. The number of hydrogen-bond acceptors (Lipinski definition) is 4. The lowest BCUT2D eigenvalue weighted by Crippen LogP contribution is -2.36. The highest BCUT2D eigenvalue weighted by Gasteiger charge is 2.20. The third kappa shape index (κ3) is 3.65. The van der Waals surface area contributed by atoms with E-state index in [1.807, 2.05) is 12.1 Å². The van der Waals surface area contributed by atoms with Crippen molar-refractivity contribution in [3.05, 3.63) is 22.2 Å². The maximum atomic E-state index is 9.31. The van der Waals surface area contributed by atoms with E-state index in [0.29, 0.717) is 5.92 Å². The van der Waals surface area contributed by atoms with E-state index in [-0.39, 0.29) is 6.61 Å². The quantitative estimate of drug-likeness (QED) is 0.892. The molecular weight excluding hydrogens is 322 g/mol. The first kappa shape index (κ1) is 15.6. The van der Waals surface area contributed by atoms with Gasteiger partial charge in [0.1, 0.15) is 0 Å². The lowest BCUT2D eigenvalue weighted by molar-refractivity contribution is 0.115.